The van der Waals surface area contributed by atoms with E-state index < -0.39 is 0 Å². The summed E-state index contributed by atoms with van der Waals surface area (Å²) in [4.78, 5) is 0. The molecule has 2 aromatic rings. The second kappa shape index (κ2) is 7.64. The van der Waals surface area contributed by atoms with Crippen LogP contribution in [0, 0.1) is 0 Å². The zero-order valence-electron chi connectivity index (χ0n) is 11.4. The molecule has 0 saturated carbocycles. The number of furan rings is 1. The molecule has 0 unspecified atom stereocenters. The maximum atomic E-state index is 5.62. The molecule has 0 bridgehead atoms. The Morgan fingerprint density at radius 3 is 2.95 bits per heavy atom. The van der Waals surface area contributed by atoms with Crippen LogP contribution in [0.15, 0.2) is 47.1 Å². The molecule has 0 atom stereocenters. The largest absolute Gasteiger partial charge is 0.494 e. The van der Waals surface area contributed by atoms with Gasteiger partial charge in [0.25, 0.3) is 0 Å². The van der Waals surface area contributed by atoms with E-state index in [1.807, 2.05) is 24.3 Å². The van der Waals surface area contributed by atoms with Gasteiger partial charge in [-0.1, -0.05) is 19.1 Å². The molecule has 1 heterocycles. The first-order valence-corrected chi connectivity index (χ1v) is 6.83. The molecule has 0 radical (unpaired) electrons. The number of hydrogen-bond donors (Lipinski definition) is 1. The normalized spacial score (nSPS) is 10.6. The number of rotatable bonds is 8. The maximum Gasteiger partial charge on any atom is 0.119 e. The zero-order chi connectivity index (χ0) is 13.3. The Morgan fingerprint density at radius 1 is 1.21 bits per heavy atom. The van der Waals surface area contributed by atoms with Crippen molar-refractivity contribution in [3.05, 3.63) is 54.0 Å². The highest BCUT2D eigenvalue weighted by atomic mass is 16.5. The molecule has 0 fully saturated rings. The van der Waals surface area contributed by atoms with E-state index in [1.165, 1.54) is 5.56 Å². The van der Waals surface area contributed by atoms with Gasteiger partial charge in [0.15, 0.2) is 0 Å². The lowest BCUT2D eigenvalue weighted by atomic mass is 10.2. The van der Waals surface area contributed by atoms with Crippen LogP contribution >= 0.6 is 0 Å². The average molecular weight is 259 g/mol. The van der Waals surface area contributed by atoms with Crippen LogP contribution in [-0.2, 0) is 13.0 Å². The molecule has 102 valence electrons. The first-order chi connectivity index (χ1) is 9.38. The number of ether oxygens (including phenoxy) is 1. The van der Waals surface area contributed by atoms with Crippen molar-refractivity contribution in [3.8, 4) is 5.75 Å². The summed E-state index contributed by atoms with van der Waals surface area (Å²) in [6.07, 6.45) is 3.66. The Kier molecular flexibility index (Phi) is 5.50. The van der Waals surface area contributed by atoms with Crippen molar-refractivity contribution in [3.63, 3.8) is 0 Å². The molecule has 2 rings (SSSR count). The quantitative estimate of drug-likeness (QED) is 0.738. The second-order valence-corrected chi connectivity index (χ2v) is 4.50. The Labute approximate surface area is 114 Å². The molecule has 0 aliphatic carbocycles. The first kappa shape index (κ1) is 13.7. The molecule has 19 heavy (non-hydrogen) atoms. The summed E-state index contributed by atoms with van der Waals surface area (Å²) in [6.45, 7) is 4.65. The summed E-state index contributed by atoms with van der Waals surface area (Å²) in [7, 11) is 0. The van der Waals surface area contributed by atoms with Gasteiger partial charge in [0.05, 0.1) is 12.9 Å². The third-order valence-electron chi connectivity index (χ3n) is 2.83. The molecule has 0 amide bonds. The second-order valence-electron chi connectivity index (χ2n) is 4.50. The van der Waals surface area contributed by atoms with Gasteiger partial charge in [0, 0.05) is 19.5 Å². The minimum absolute atomic E-state index is 0.773. The van der Waals surface area contributed by atoms with E-state index in [-0.39, 0.29) is 0 Å². The summed E-state index contributed by atoms with van der Waals surface area (Å²) in [5.41, 5.74) is 1.24. The third kappa shape index (κ3) is 4.79. The summed E-state index contributed by atoms with van der Waals surface area (Å²) in [5.74, 6) is 1.97. The number of hydrogen-bond acceptors (Lipinski definition) is 3. The van der Waals surface area contributed by atoms with Gasteiger partial charge in [0.2, 0.25) is 0 Å². The fraction of sp³-hybridized carbons (Fsp3) is 0.375. The highest BCUT2D eigenvalue weighted by molar-refractivity contribution is 5.28. The van der Waals surface area contributed by atoms with E-state index in [0.29, 0.717) is 0 Å². The van der Waals surface area contributed by atoms with E-state index in [2.05, 4.69) is 24.4 Å². The summed E-state index contributed by atoms with van der Waals surface area (Å²) < 4.78 is 10.9. The van der Waals surface area contributed by atoms with Crippen molar-refractivity contribution in [2.45, 2.75) is 26.3 Å². The van der Waals surface area contributed by atoms with Crippen molar-refractivity contribution in [1.82, 2.24) is 5.32 Å². The standard InChI is InChI=1S/C16H21NO2/c1-2-10-18-16-6-3-5-14(12-16)13-17-9-8-15-7-4-11-19-15/h3-7,11-12,17H,2,8-10,13H2,1H3. The lowest BCUT2D eigenvalue weighted by Gasteiger charge is -2.08. The predicted molar refractivity (Wildman–Crippen MR) is 76.3 cm³/mol. The van der Waals surface area contributed by atoms with Crippen LogP contribution in [0.3, 0.4) is 0 Å². The van der Waals surface area contributed by atoms with Crippen LogP contribution in [-0.4, -0.2) is 13.2 Å². The van der Waals surface area contributed by atoms with Crippen LogP contribution in [0.5, 0.6) is 5.75 Å². The average Bonchev–Trinajstić information content (AvgIpc) is 2.95. The van der Waals surface area contributed by atoms with Gasteiger partial charge in [-0.3, -0.25) is 0 Å². The monoisotopic (exact) mass is 259 g/mol. The number of benzene rings is 1. The number of nitrogens with one attached hydrogen (secondary N) is 1. The van der Waals surface area contributed by atoms with Crippen molar-refractivity contribution >= 4 is 0 Å². The predicted octanol–water partition coefficient (Wildman–Crippen LogP) is 3.40. The van der Waals surface area contributed by atoms with Crippen molar-refractivity contribution < 1.29 is 9.15 Å². The molecular formula is C16H21NO2. The Morgan fingerprint density at radius 2 is 2.16 bits per heavy atom. The van der Waals surface area contributed by atoms with Crippen molar-refractivity contribution in [2.75, 3.05) is 13.2 Å². The van der Waals surface area contributed by atoms with Crippen LogP contribution in [0.2, 0.25) is 0 Å². The van der Waals surface area contributed by atoms with Crippen LogP contribution in [0.1, 0.15) is 24.7 Å². The van der Waals surface area contributed by atoms with E-state index in [9.17, 15) is 0 Å². The topological polar surface area (TPSA) is 34.4 Å². The third-order valence-corrected chi connectivity index (χ3v) is 2.83. The van der Waals surface area contributed by atoms with Gasteiger partial charge >= 0.3 is 0 Å². The fourth-order valence-electron chi connectivity index (χ4n) is 1.86. The Bertz CT molecular complexity index is 465. The van der Waals surface area contributed by atoms with Crippen molar-refractivity contribution in [1.29, 1.82) is 0 Å². The molecule has 1 N–H and O–H groups in total. The highest BCUT2D eigenvalue weighted by Crippen LogP contribution is 2.13. The fourth-order valence-corrected chi connectivity index (χ4v) is 1.86. The summed E-state index contributed by atoms with van der Waals surface area (Å²) >= 11 is 0. The summed E-state index contributed by atoms with van der Waals surface area (Å²) in [5, 5.41) is 3.41. The van der Waals surface area contributed by atoms with E-state index >= 15 is 0 Å². The maximum absolute atomic E-state index is 5.62. The molecule has 0 spiro atoms. The van der Waals surface area contributed by atoms with Crippen LogP contribution in [0.4, 0.5) is 0 Å². The zero-order valence-corrected chi connectivity index (χ0v) is 11.4. The Hall–Kier alpha value is -1.74. The molecule has 0 saturated heterocycles. The molecule has 3 nitrogen and oxygen atoms in total. The van der Waals surface area contributed by atoms with Gasteiger partial charge in [-0.05, 0) is 36.2 Å². The van der Waals surface area contributed by atoms with Crippen LogP contribution in [0.25, 0.3) is 0 Å². The lowest BCUT2D eigenvalue weighted by molar-refractivity contribution is 0.317. The lowest BCUT2D eigenvalue weighted by Crippen LogP contribution is -2.16. The van der Waals surface area contributed by atoms with E-state index in [0.717, 1.165) is 44.0 Å². The van der Waals surface area contributed by atoms with Gasteiger partial charge in [-0.15, -0.1) is 0 Å². The molecule has 0 aliphatic rings. The molecular weight excluding hydrogens is 238 g/mol. The van der Waals surface area contributed by atoms with Crippen molar-refractivity contribution in [2.24, 2.45) is 0 Å². The van der Waals surface area contributed by atoms with Gasteiger partial charge in [-0.25, -0.2) is 0 Å². The Balaban J connectivity index is 1.73. The summed E-state index contributed by atoms with van der Waals surface area (Å²) in [6, 6.07) is 12.2. The SMILES string of the molecule is CCCOc1cccc(CNCCc2ccco2)c1. The van der Waals surface area contributed by atoms with Crippen LogP contribution < -0.4 is 10.1 Å². The van der Waals surface area contributed by atoms with E-state index in [4.69, 9.17) is 9.15 Å². The van der Waals surface area contributed by atoms with E-state index in [1.54, 1.807) is 6.26 Å². The molecule has 0 aliphatic heterocycles. The highest BCUT2D eigenvalue weighted by Gasteiger charge is 1.98. The molecule has 1 aromatic carbocycles. The van der Waals surface area contributed by atoms with Gasteiger partial charge in [0.1, 0.15) is 11.5 Å². The minimum atomic E-state index is 0.773. The first-order valence-electron chi connectivity index (χ1n) is 6.83. The van der Waals surface area contributed by atoms with Gasteiger partial charge < -0.3 is 14.5 Å². The van der Waals surface area contributed by atoms with Gasteiger partial charge in [-0.2, -0.15) is 0 Å². The minimum Gasteiger partial charge on any atom is -0.494 e. The smallest absolute Gasteiger partial charge is 0.119 e. The molecule has 1 aromatic heterocycles. The molecule has 3 heteroatoms.